The first-order chi connectivity index (χ1) is 8.11. The van der Waals surface area contributed by atoms with Crippen molar-refractivity contribution in [3.63, 3.8) is 0 Å². The lowest BCUT2D eigenvalue weighted by Gasteiger charge is -2.02. The van der Waals surface area contributed by atoms with Crippen molar-refractivity contribution >= 4 is 28.7 Å². The molecule has 0 saturated heterocycles. The van der Waals surface area contributed by atoms with Gasteiger partial charge in [0, 0.05) is 21.9 Å². The summed E-state index contributed by atoms with van der Waals surface area (Å²) in [5.41, 5.74) is 2.14. The topological polar surface area (TPSA) is 17.1 Å². The monoisotopic (exact) mass is 264 g/mol. The van der Waals surface area contributed by atoms with E-state index < -0.39 is 0 Å². The second-order valence-electron chi connectivity index (χ2n) is 3.92. The Morgan fingerprint density at radius 1 is 1.29 bits per heavy atom. The number of hydrogen-bond donors (Lipinski definition) is 0. The third kappa shape index (κ3) is 2.59. The van der Waals surface area contributed by atoms with Crippen LogP contribution in [0.3, 0.4) is 0 Å². The number of halogens is 1. The van der Waals surface area contributed by atoms with Crippen molar-refractivity contribution in [3.05, 3.63) is 45.8 Å². The van der Waals surface area contributed by atoms with Gasteiger partial charge in [0.25, 0.3) is 0 Å². The molecule has 1 aromatic heterocycles. The molecular weight excluding hydrogens is 252 g/mol. The molecule has 0 bridgehead atoms. The van der Waals surface area contributed by atoms with Crippen LogP contribution in [0.15, 0.2) is 30.3 Å². The molecule has 2 rings (SSSR count). The number of hydrogen-bond acceptors (Lipinski definition) is 2. The highest BCUT2D eigenvalue weighted by molar-refractivity contribution is 7.17. The molecule has 0 radical (unpaired) electrons. The lowest BCUT2D eigenvalue weighted by Crippen LogP contribution is -1.90. The molecule has 0 fully saturated rings. The van der Waals surface area contributed by atoms with Crippen LogP contribution in [0.1, 0.15) is 28.6 Å². The number of benzene rings is 1. The minimum Gasteiger partial charge on any atom is -0.293 e. The quantitative estimate of drug-likeness (QED) is 0.716. The van der Waals surface area contributed by atoms with Gasteiger partial charge in [-0.25, -0.2) is 0 Å². The number of ketones is 1. The van der Waals surface area contributed by atoms with Gasteiger partial charge in [-0.1, -0.05) is 30.7 Å². The summed E-state index contributed by atoms with van der Waals surface area (Å²) in [6.45, 7) is 3.89. The zero-order chi connectivity index (χ0) is 12.4. The molecule has 3 heteroatoms. The molecule has 0 unspecified atom stereocenters. The first kappa shape index (κ1) is 12.3. The van der Waals surface area contributed by atoms with Crippen molar-refractivity contribution in [1.29, 1.82) is 0 Å². The summed E-state index contributed by atoms with van der Waals surface area (Å²) in [7, 11) is 0. The maximum absolute atomic E-state index is 11.6. The molecule has 0 amide bonds. The third-order valence-corrected chi connectivity index (χ3v) is 4.06. The van der Waals surface area contributed by atoms with E-state index in [0.717, 1.165) is 25.9 Å². The lowest BCUT2D eigenvalue weighted by atomic mass is 10.1. The Hall–Kier alpha value is -1.12. The number of Topliss-reactive ketones (excluding diaryl/α,β-unsaturated/α-hetero) is 1. The number of thiophene rings is 1. The summed E-state index contributed by atoms with van der Waals surface area (Å²) in [6.07, 6.45) is 0.543. The molecule has 0 spiro atoms. The fourth-order valence-corrected chi connectivity index (χ4v) is 3.07. The maximum atomic E-state index is 11.6. The summed E-state index contributed by atoms with van der Waals surface area (Å²) in [6, 6.07) is 9.82. The van der Waals surface area contributed by atoms with Crippen LogP contribution in [0.25, 0.3) is 10.4 Å². The zero-order valence-corrected chi connectivity index (χ0v) is 11.4. The van der Waals surface area contributed by atoms with Crippen molar-refractivity contribution in [2.45, 2.75) is 20.3 Å². The van der Waals surface area contributed by atoms with Crippen LogP contribution in [-0.2, 0) is 0 Å². The SMILES string of the molecule is CCC(=O)c1ccc(-c2ccc(C)cc2Cl)s1. The molecule has 0 aliphatic carbocycles. The molecule has 1 aromatic carbocycles. The molecule has 0 N–H and O–H groups in total. The number of aryl methyl sites for hydroxylation is 1. The van der Waals surface area contributed by atoms with Crippen LogP contribution >= 0.6 is 22.9 Å². The van der Waals surface area contributed by atoms with E-state index >= 15 is 0 Å². The Balaban J connectivity index is 2.40. The first-order valence-electron chi connectivity index (χ1n) is 5.51. The van der Waals surface area contributed by atoms with Crippen LogP contribution in [0, 0.1) is 6.92 Å². The molecule has 88 valence electrons. The molecule has 0 atom stereocenters. The van der Waals surface area contributed by atoms with E-state index in [1.807, 2.05) is 44.2 Å². The lowest BCUT2D eigenvalue weighted by molar-refractivity contribution is 0.0992. The van der Waals surface area contributed by atoms with Crippen LogP contribution in [0.2, 0.25) is 5.02 Å². The van der Waals surface area contributed by atoms with Crippen LogP contribution in [0.5, 0.6) is 0 Å². The molecule has 17 heavy (non-hydrogen) atoms. The average Bonchev–Trinajstić information content (AvgIpc) is 2.77. The van der Waals surface area contributed by atoms with E-state index in [1.165, 1.54) is 11.3 Å². The maximum Gasteiger partial charge on any atom is 0.172 e. The number of carbonyl (C=O) groups excluding carboxylic acids is 1. The minimum absolute atomic E-state index is 0.185. The van der Waals surface area contributed by atoms with E-state index in [0.29, 0.717) is 6.42 Å². The molecule has 0 aliphatic heterocycles. The highest BCUT2D eigenvalue weighted by Gasteiger charge is 2.10. The first-order valence-corrected chi connectivity index (χ1v) is 6.71. The molecular formula is C14H13ClOS. The van der Waals surface area contributed by atoms with Gasteiger partial charge in [-0.2, -0.15) is 0 Å². The van der Waals surface area contributed by atoms with E-state index in [-0.39, 0.29) is 5.78 Å². The Bertz CT molecular complexity index is 557. The van der Waals surface area contributed by atoms with Gasteiger partial charge in [-0.3, -0.25) is 4.79 Å². The Morgan fingerprint density at radius 3 is 2.71 bits per heavy atom. The summed E-state index contributed by atoms with van der Waals surface area (Å²) in [4.78, 5) is 13.4. The molecule has 2 aromatic rings. The highest BCUT2D eigenvalue weighted by atomic mass is 35.5. The Labute approximate surface area is 110 Å². The van der Waals surface area contributed by atoms with E-state index in [2.05, 4.69) is 0 Å². The van der Waals surface area contributed by atoms with Gasteiger partial charge in [0.2, 0.25) is 0 Å². The van der Waals surface area contributed by atoms with Gasteiger partial charge in [0.05, 0.1) is 4.88 Å². The smallest absolute Gasteiger partial charge is 0.172 e. The van der Waals surface area contributed by atoms with Gasteiger partial charge >= 0.3 is 0 Å². The van der Waals surface area contributed by atoms with Crippen molar-refractivity contribution in [3.8, 4) is 10.4 Å². The second-order valence-corrected chi connectivity index (χ2v) is 5.41. The predicted octanol–water partition coefficient (Wildman–Crippen LogP) is 4.97. The highest BCUT2D eigenvalue weighted by Crippen LogP contribution is 2.34. The second kappa shape index (κ2) is 5.03. The van der Waals surface area contributed by atoms with Crippen molar-refractivity contribution in [1.82, 2.24) is 0 Å². The van der Waals surface area contributed by atoms with Gasteiger partial charge in [0.15, 0.2) is 5.78 Å². The van der Waals surface area contributed by atoms with E-state index in [1.54, 1.807) is 0 Å². The summed E-state index contributed by atoms with van der Waals surface area (Å²) in [5, 5.41) is 0.738. The molecule has 1 heterocycles. The summed E-state index contributed by atoms with van der Waals surface area (Å²) < 4.78 is 0. The largest absolute Gasteiger partial charge is 0.293 e. The standard InChI is InChI=1S/C14H13ClOS/c1-3-12(16)14-7-6-13(17-14)10-5-4-9(2)8-11(10)15/h4-8H,3H2,1-2H3. The van der Waals surface area contributed by atoms with E-state index in [9.17, 15) is 4.79 Å². The van der Waals surface area contributed by atoms with Crippen LogP contribution < -0.4 is 0 Å². The van der Waals surface area contributed by atoms with Crippen LogP contribution in [-0.4, -0.2) is 5.78 Å². The predicted molar refractivity (Wildman–Crippen MR) is 74.1 cm³/mol. The van der Waals surface area contributed by atoms with Gasteiger partial charge in [-0.05, 0) is 30.7 Å². The van der Waals surface area contributed by atoms with Gasteiger partial charge in [-0.15, -0.1) is 11.3 Å². The molecule has 0 aliphatic rings. The summed E-state index contributed by atoms with van der Waals surface area (Å²) >= 11 is 7.71. The number of rotatable bonds is 3. The zero-order valence-electron chi connectivity index (χ0n) is 9.79. The van der Waals surface area contributed by atoms with Crippen molar-refractivity contribution < 1.29 is 4.79 Å². The fraction of sp³-hybridized carbons (Fsp3) is 0.214. The minimum atomic E-state index is 0.185. The normalized spacial score (nSPS) is 10.5. The van der Waals surface area contributed by atoms with Crippen molar-refractivity contribution in [2.75, 3.05) is 0 Å². The van der Waals surface area contributed by atoms with Gasteiger partial charge < -0.3 is 0 Å². The third-order valence-electron chi connectivity index (χ3n) is 2.59. The average molecular weight is 265 g/mol. The fourth-order valence-electron chi connectivity index (χ4n) is 1.63. The van der Waals surface area contributed by atoms with Gasteiger partial charge in [0.1, 0.15) is 0 Å². The van der Waals surface area contributed by atoms with E-state index in [4.69, 9.17) is 11.6 Å². The Kier molecular flexibility index (Phi) is 3.65. The summed E-state index contributed by atoms with van der Waals surface area (Å²) in [5.74, 6) is 0.185. The molecule has 1 nitrogen and oxygen atoms in total. The molecule has 0 saturated carbocycles. The number of carbonyl (C=O) groups is 1. The Morgan fingerprint density at radius 2 is 2.06 bits per heavy atom. The van der Waals surface area contributed by atoms with Crippen LogP contribution in [0.4, 0.5) is 0 Å². The van der Waals surface area contributed by atoms with Crippen molar-refractivity contribution in [2.24, 2.45) is 0 Å².